The van der Waals surface area contributed by atoms with E-state index in [1.165, 1.54) is 11.3 Å². The first-order chi connectivity index (χ1) is 9.44. The largest absolute Gasteiger partial charge is 0.326 e. The van der Waals surface area contributed by atoms with Crippen molar-refractivity contribution in [3.05, 3.63) is 14.7 Å². The number of nitrogens with one attached hydrogen (secondary N) is 1. The maximum absolute atomic E-state index is 12.2. The zero-order chi connectivity index (χ0) is 15.2. The first kappa shape index (κ1) is 18.1. The monoisotopic (exact) mass is 383 g/mol. The summed E-state index contributed by atoms with van der Waals surface area (Å²) in [7, 11) is -3.45. The Kier molecular flexibility index (Phi) is 7.63. The fraction of sp³-hybridized carbons (Fsp3) is 0.667. The number of nitrogens with two attached hydrogens (primary N) is 1. The Morgan fingerprint density at radius 2 is 2.05 bits per heavy atom. The maximum atomic E-state index is 12.2. The first-order valence-electron chi connectivity index (χ1n) is 6.64. The van der Waals surface area contributed by atoms with E-state index in [2.05, 4.69) is 39.4 Å². The molecule has 0 saturated carbocycles. The van der Waals surface area contributed by atoms with Crippen LogP contribution in [0.3, 0.4) is 0 Å². The predicted molar refractivity (Wildman–Crippen MR) is 87.5 cm³/mol. The Hall–Kier alpha value is 0.01000. The molecule has 20 heavy (non-hydrogen) atoms. The number of hydrogen-bond donors (Lipinski definition) is 2. The molecule has 0 unspecified atom stereocenters. The van der Waals surface area contributed by atoms with Gasteiger partial charge in [0.05, 0.1) is 3.79 Å². The molecular weight excluding hydrogens is 362 g/mol. The van der Waals surface area contributed by atoms with E-state index in [0.29, 0.717) is 16.9 Å². The Morgan fingerprint density at radius 3 is 2.55 bits per heavy atom. The molecule has 0 aliphatic heterocycles. The summed E-state index contributed by atoms with van der Waals surface area (Å²) < 4.78 is 27.6. The molecule has 116 valence electrons. The molecular formula is C12H22BrN3O2S2. The van der Waals surface area contributed by atoms with Gasteiger partial charge in [-0.2, -0.15) is 0 Å². The van der Waals surface area contributed by atoms with Gasteiger partial charge in [-0.25, -0.2) is 13.1 Å². The van der Waals surface area contributed by atoms with Crippen LogP contribution in [0.25, 0.3) is 0 Å². The second-order valence-corrected chi connectivity index (χ2v) is 8.52. The van der Waals surface area contributed by atoms with Gasteiger partial charge < -0.3 is 10.6 Å². The summed E-state index contributed by atoms with van der Waals surface area (Å²) in [6.45, 7) is 7.86. The van der Waals surface area contributed by atoms with Gasteiger partial charge in [0.25, 0.3) is 0 Å². The SMILES string of the molecule is CCN(CC)CCCNS(=O)(=O)c1cc(CN)sc1Br. The van der Waals surface area contributed by atoms with E-state index in [-0.39, 0.29) is 4.90 Å². The highest BCUT2D eigenvalue weighted by molar-refractivity contribution is 9.11. The second kappa shape index (κ2) is 8.45. The third-order valence-electron chi connectivity index (χ3n) is 3.03. The minimum absolute atomic E-state index is 0.283. The van der Waals surface area contributed by atoms with Crippen LogP contribution in [0.15, 0.2) is 14.7 Å². The van der Waals surface area contributed by atoms with Gasteiger partial charge in [0, 0.05) is 18.0 Å². The van der Waals surface area contributed by atoms with Crippen LogP contribution >= 0.6 is 27.3 Å². The van der Waals surface area contributed by atoms with Crippen molar-refractivity contribution in [2.75, 3.05) is 26.2 Å². The molecule has 0 amide bonds. The Balaban J connectivity index is 2.55. The summed E-state index contributed by atoms with van der Waals surface area (Å²) in [5.41, 5.74) is 5.53. The van der Waals surface area contributed by atoms with Gasteiger partial charge in [-0.1, -0.05) is 13.8 Å². The molecule has 1 aromatic rings. The van der Waals surface area contributed by atoms with E-state index in [1.807, 2.05) is 0 Å². The van der Waals surface area contributed by atoms with Crippen molar-refractivity contribution < 1.29 is 8.42 Å². The summed E-state index contributed by atoms with van der Waals surface area (Å²) in [5, 5.41) is 0. The molecule has 0 bridgehead atoms. The van der Waals surface area contributed by atoms with Crippen LogP contribution in [-0.4, -0.2) is 39.5 Å². The van der Waals surface area contributed by atoms with Crippen molar-refractivity contribution in [1.29, 1.82) is 0 Å². The van der Waals surface area contributed by atoms with Crippen LogP contribution < -0.4 is 10.5 Å². The lowest BCUT2D eigenvalue weighted by Crippen LogP contribution is -2.30. The van der Waals surface area contributed by atoms with Crippen molar-refractivity contribution in [3.8, 4) is 0 Å². The molecule has 1 heterocycles. The normalized spacial score (nSPS) is 12.2. The van der Waals surface area contributed by atoms with Gasteiger partial charge in [-0.15, -0.1) is 11.3 Å². The average molecular weight is 384 g/mol. The Morgan fingerprint density at radius 1 is 1.40 bits per heavy atom. The molecule has 0 saturated heterocycles. The second-order valence-electron chi connectivity index (χ2n) is 4.33. The summed E-state index contributed by atoms with van der Waals surface area (Å²) in [5.74, 6) is 0. The van der Waals surface area contributed by atoms with E-state index >= 15 is 0 Å². The van der Waals surface area contributed by atoms with Crippen LogP contribution in [-0.2, 0) is 16.6 Å². The zero-order valence-electron chi connectivity index (χ0n) is 11.9. The minimum atomic E-state index is -3.45. The molecule has 5 nitrogen and oxygen atoms in total. The Bertz CT molecular complexity index is 513. The minimum Gasteiger partial charge on any atom is -0.326 e. The summed E-state index contributed by atoms with van der Waals surface area (Å²) in [6.07, 6.45) is 0.798. The first-order valence-corrected chi connectivity index (χ1v) is 9.74. The molecule has 0 aliphatic rings. The summed E-state index contributed by atoms with van der Waals surface area (Å²) in [6, 6.07) is 1.63. The summed E-state index contributed by atoms with van der Waals surface area (Å²) >= 11 is 4.64. The predicted octanol–water partition coefficient (Wildman–Crippen LogP) is 1.98. The van der Waals surface area contributed by atoms with Gasteiger partial charge in [0.15, 0.2) is 0 Å². The van der Waals surface area contributed by atoms with E-state index < -0.39 is 10.0 Å². The quantitative estimate of drug-likeness (QED) is 0.639. The van der Waals surface area contributed by atoms with Crippen LogP contribution in [0.4, 0.5) is 0 Å². The van der Waals surface area contributed by atoms with Crippen LogP contribution in [0.5, 0.6) is 0 Å². The summed E-state index contributed by atoms with van der Waals surface area (Å²) in [4.78, 5) is 3.40. The third-order valence-corrected chi connectivity index (χ3v) is 6.77. The van der Waals surface area contributed by atoms with Gasteiger partial charge in [-0.3, -0.25) is 0 Å². The molecule has 0 aliphatic carbocycles. The molecule has 3 N–H and O–H groups in total. The number of hydrogen-bond acceptors (Lipinski definition) is 5. The number of sulfonamides is 1. The Labute approximate surface area is 133 Å². The lowest BCUT2D eigenvalue weighted by Gasteiger charge is -2.17. The fourth-order valence-electron chi connectivity index (χ4n) is 1.81. The lowest BCUT2D eigenvalue weighted by atomic mass is 10.4. The molecule has 0 radical (unpaired) electrons. The van der Waals surface area contributed by atoms with Gasteiger partial charge in [0.2, 0.25) is 10.0 Å². The van der Waals surface area contributed by atoms with Crippen LogP contribution in [0.1, 0.15) is 25.1 Å². The molecule has 1 aromatic heterocycles. The van der Waals surface area contributed by atoms with E-state index in [4.69, 9.17) is 5.73 Å². The van der Waals surface area contributed by atoms with E-state index in [0.717, 1.165) is 30.9 Å². The number of halogens is 1. The molecule has 0 fully saturated rings. The van der Waals surface area contributed by atoms with Crippen molar-refractivity contribution >= 4 is 37.3 Å². The highest BCUT2D eigenvalue weighted by atomic mass is 79.9. The third kappa shape index (κ3) is 5.09. The van der Waals surface area contributed by atoms with Crippen molar-refractivity contribution in [3.63, 3.8) is 0 Å². The van der Waals surface area contributed by atoms with Crippen LogP contribution in [0, 0.1) is 0 Å². The van der Waals surface area contributed by atoms with Gasteiger partial charge >= 0.3 is 0 Å². The molecule has 1 rings (SSSR count). The van der Waals surface area contributed by atoms with Crippen LogP contribution in [0.2, 0.25) is 0 Å². The van der Waals surface area contributed by atoms with Gasteiger partial charge in [-0.05, 0) is 48.1 Å². The smallest absolute Gasteiger partial charge is 0.242 e. The fourth-order valence-corrected chi connectivity index (χ4v) is 5.44. The lowest BCUT2D eigenvalue weighted by molar-refractivity contribution is 0.300. The number of rotatable bonds is 9. The average Bonchev–Trinajstić information content (AvgIpc) is 2.81. The van der Waals surface area contributed by atoms with Crippen molar-refractivity contribution in [2.24, 2.45) is 5.73 Å². The molecule has 0 atom stereocenters. The maximum Gasteiger partial charge on any atom is 0.242 e. The highest BCUT2D eigenvalue weighted by Gasteiger charge is 2.20. The standard InChI is InChI=1S/C12H22BrN3O2S2/c1-3-16(4-2)7-5-6-15-20(17,18)11-8-10(9-14)19-12(11)13/h8,15H,3-7,9,14H2,1-2H3. The van der Waals surface area contributed by atoms with E-state index in [1.54, 1.807) is 6.07 Å². The number of nitrogens with zero attached hydrogens (tertiary/aromatic N) is 1. The molecule has 0 spiro atoms. The van der Waals surface area contributed by atoms with Gasteiger partial charge in [0.1, 0.15) is 4.90 Å². The topological polar surface area (TPSA) is 75.4 Å². The molecule has 8 heteroatoms. The van der Waals surface area contributed by atoms with Crippen molar-refractivity contribution in [2.45, 2.75) is 31.7 Å². The molecule has 0 aromatic carbocycles. The van der Waals surface area contributed by atoms with Crippen molar-refractivity contribution in [1.82, 2.24) is 9.62 Å². The highest BCUT2D eigenvalue weighted by Crippen LogP contribution is 2.31. The number of thiophene rings is 1. The van der Waals surface area contributed by atoms with E-state index in [9.17, 15) is 8.42 Å². The zero-order valence-corrected chi connectivity index (χ0v) is 15.1.